The van der Waals surface area contributed by atoms with Gasteiger partial charge in [0.25, 0.3) is 5.91 Å². The highest BCUT2D eigenvalue weighted by molar-refractivity contribution is 6.07. The Bertz CT molecular complexity index is 1340. The van der Waals surface area contributed by atoms with Crippen LogP contribution >= 0.6 is 0 Å². The summed E-state index contributed by atoms with van der Waals surface area (Å²) >= 11 is 0. The first-order valence-corrected chi connectivity index (χ1v) is 12.6. The Hall–Kier alpha value is -3.68. The predicted octanol–water partition coefficient (Wildman–Crippen LogP) is 5.23. The molecule has 36 heavy (non-hydrogen) atoms. The van der Waals surface area contributed by atoms with Crippen molar-refractivity contribution in [3.63, 3.8) is 0 Å². The molecule has 2 aliphatic heterocycles. The van der Waals surface area contributed by atoms with E-state index in [0.29, 0.717) is 37.6 Å². The van der Waals surface area contributed by atoms with E-state index in [1.165, 1.54) is 0 Å². The van der Waals surface area contributed by atoms with Crippen molar-refractivity contribution in [1.82, 2.24) is 9.88 Å². The average molecular weight is 484 g/mol. The second-order valence-corrected chi connectivity index (χ2v) is 9.21. The summed E-state index contributed by atoms with van der Waals surface area (Å²) in [5.41, 5.74) is 5.15. The van der Waals surface area contributed by atoms with E-state index in [0.717, 1.165) is 59.5 Å². The van der Waals surface area contributed by atoms with Gasteiger partial charge in [0, 0.05) is 54.8 Å². The Labute approximate surface area is 210 Å². The first-order chi connectivity index (χ1) is 17.8. The van der Waals surface area contributed by atoms with Gasteiger partial charge < -0.3 is 24.1 Å². The molecule has 4 heterocycles. The number of rotatable bonds is 6. The maximum absolute atomic E-state index is 12.9. The summed E-state index contributed by atoms with van der Waals surface area (Å²) in [5, 5.41) is 4.53. The molecule has 2 aromatic carbocycles. The molecule has 0 radical (unpaired) electrons. The van der Waals surface area contributed by atoms with Gasteiger partial charge in [0.2, 0.25) is 5.71 Å². The molecule has 0 aliphatic carbocycles. The van der Waals surface area contributed by atoms with Gasteiger partial charge in [-0.1, -0.05) is 42.5 Å². The third kappa shape index (κ3) is 4.47. The van der Waals surface area contributed by atoms with Gasteiger partial charge in [0.05, 0.1) is 24.7 Å². The zero-order chi connectivity index (χ0) is 24.3. The number of pyridine rings is 1. The van der Waals surface area contributed by atoms with Crippen molar-refractivity contribution < 1.29 is 18.7 Å². The highest BCUT2D eigenvalue weighted by atomic mass is 16.5. The highest BCUT2D eigenvalue weighted by Crippen LogP contribution is 2.43. The number of morpholine rings is 1. The molecule has 0 bridgehead atoms. The van der Waals surface area contributed by atoms with E-state index in [1.54, 1.807) is 6.20 Å². The number of benzene rings is 2. The summed E-state index contributed by atoms with van der Waals surface area (Å²) in [4.78, 5) is 19.3. The zero-order valence-corrected chi connectivity index (χ0v) is 20.1. The standard InChI is InChI=1S/C29H29N3O4/c33-29(32-14-17-34-18-15-32)22-10-8-21(9-11-22)27-25(20-5-2-1-3-6-20)26-24(12-13-30-28(26)36-27)31-19-23-7-4-16-35-23/h1-3,5-6,8-13,23H,4,7,14-19H2,(H,30,31)/t23-/m0/s1. The van der Waals surface area contributed by atoms with Gasteiger partial charge in [-0.25, -0.2) is 4.98 Å². The number of furan rings is 1. The second kappa shape index (κ2) is 10.1. The van der Waals surface area contributed by atoms with Gasteiger partial charge in [0.1, 0.15) is 5.76 Å². The Morgan fingerprint density at radius 1 is 0.972 bits per heavy atom. The number of amides is 1. The third-order valence-electron chi connectivity index (χ3n) is 6.89. The Morgan fingerprint density at radius 3 is 2.53 bits per heavy atom. The Balaban J connectivity index is 1.39. The van der Waals surface area contributed by atoms with E-state index in [9.17, 15) is 4.79 Å². The van der Waals surface area contributed by atoms with Crippen LogP contribution in [0.5, 0.6) is 0 Å². The van der Waals surface area contributed by atoms with Crippen LogP contribution in [0.25, 0.3) is 33.6 Å². The van der Waals surface area contributed by atoms with E-state index < -0.39 is 0 Å². The third-order valence-corrected chi connectivity index (χ3v) is 6.89. The average Bonchev–Trinajstić information content (AvgIpc) is 3.61. The van der Waals surface area contributed by atoms with Crippen LogP contribution in [0.4, 0.5) is 5.69 Å². The lowest BCUT2D eigenvalue weighted by Gasteiger charge is -2.26. The minimum absolute atomic E-state index is 0.0278. The van der Waals surface area contributed by atoms with E-state index in [-0.39, 0.29) is 12.0 Å². The number of carbonyl (C=O) groups is 1. The number of fused-ring (bicyclic) bond motifs is 1. The van der Waals surface area contributed by atoms with Crippen LogP contribution in [0.3, 0.4) is 0 Å². The van der Waals surface area contributed by atoms with Crippen molar-refractivity contribution in [2.75, 3.05) is 44.8 Å². The van der Waals surface area contributed by atoms with E-state index in [1.807, 2.05) is 53.4 Å². The molecule has 2 fully saturated rings. The fourth-order valence-corrected chi connectivity index (χ4v) is 5.00. The van der Waals surface area contributed by atoms with Crippen molar-refractivity contribution in [3.05, 3.63) is 72.4 Å². The van der Waals surface area contributed by atoms with Gasteiger partial charge in [-0.2, -0.15) is 0 Å². The Morgan fingerprint density at radius 2 is 1.78 bits per heavy atom. The number of aromatic nitrogens is 1. The van der Waals surface area contributed by atoms with Crippen LogP contribution in [0.15, 0.2) is 71.3 Å². The molecule has 0 saturated carbocycles. The minimum atomic E-state index is 0.0278. The largest absolute Gasteiger partial charge is 0.437 e. The summed E-state index contributed by atoms with van der Waals surface area (Å²) in [6, 6.07) is 19.9. The van der Waals surface area contributed by atoms with Gasteiger partial charge in [-0.05, 0) is 36.6 Å². The topological polar surface area (TPSA) is 76.8 Å². The fourth-order valence-electron chi connectivity index (χ4n) is 5.00. The van der Waals surface area contributed by atoms with Crippen molar-refractivity contribution in [1.29, 1.82) is 0 Å². The molecule has 0 spiro atoms. The molecule has 184 valence electrons. The monoisotopic (exact) mass is 483 g/mol. The van der Waals surface area contributed by atoms with Gasteiger partial charge >= 0.3 is 0 Å². The number of hydrogen-bond donors (Lipinski definition) is 1. The molecule has 2 saturated heterocycles. The quantitative estimate of drug-likeness (QED) is 0.405. The van der Waals surface area contributed by atoms with E-state index in [4.69, 9.17) is 13.9 Å². The summed E-state index contributed by atoms with van der Waals surface area (Å²) < 4.78 is 17.6. The molecule has 2 aliphatic rings. The van der Waals surface area contributed by atoms with Crippen molar-refractivity contribution >= 4 is 22.7 Å². The molecule has 0 unspecified atom stereocenters. The molecule has 7 heteroatoms. The van der Waals surface area contributed by atoms with Crippen molar-refractivity contribution in [2.45, 2.75) is 18.9 Å². The summed E-state index contributed by atoms with van der Waals surface area (Å²) in [6.45, 7) is 3.98. The molecule has 2 aromatic heterocycles. The SMILES string of the molecule is O=C(c1ccc(-c2oc3nccc(NC[C@@H]4CCCO4)c3c2-c2ccccc2)cc1)N1CCOCC1. The molecular weight excluding hydrogens is 454 g/mol. The molecule has 1 atom stereocenters. The van der Waals surface area contributed by atoms with Crippen LogP contribution in [0.2, 0.25) is 0 Å². The van der Waals surface area contributed by atoms with Crippen molar-refractivity contribution in [2.24, 2.45) is 0 Å². The van der Waals surface area contributed by atoms with Gasteiger partial charge in [-0.15, -0.1) is 0 Å². The van der Waals surface area contributed by atoms with Crippen LogP contribution < -0.4 is 5.32 Å². The first-order valence-electron chi connectivity index (χ1n) is 12.6. The number of ether oxygens (including phenoxy) is 2. The number of nitrogens with one attached hydrogen (secondary N) is 1. The lowest BCUT2D eigenvalue weighted by Crippen LogP contribution is -2.40. The fraction of sp³-hybridized carbons (Fsp3) is 0.310. The lowest BCUT2D eigenvalue weighted by atomic mass is 9.98. The molecule has 7 nitrogen and oxygen atoms in total. The van der Waals surface area contributed by atoms with E-state index >= 15 is 0 Å². The summed E-state index contributed by atoms with van der Waals surface area (Å²) in [6.07, 6.45) is 4.16. The van der Waals surface area contributed by atoms with Crippen LogP contribution in [0.1, 0.15) is 23.2 Å². The minimum Gasteiger partial charge on any atom is -0.437 e. The zero-order valence-electron chi connectivity index (χ0n) is 20.1. The van der Waals surface area contributed by atoms with Crippen LogP contribution in [0, 0.1) is 0 Å². The molecule has 4 aromatic rings. The van der Waals surface area contributed by atoms with Crippen LogP contribution in [-0.4, -0.2) is 61.3 Å². The normalized spacial score (nSPS) is 18.0. The number of hydrogen-bond acceptors (Lipinski definition) is 6. The lowest BCUT2D eigenvalue weighted by molar-refractivity contribution is 0.0303. The number of nitrogens with zero attached hydrogens (tertiary/aromatic N) is 2. The predicted molar refractivity (Wildman–Crippen MR) is 139 cm³/mol. The molecule has 1 amide bonds. The van der Waals surface area contributed by atoms with Crippen molar-refractivity contribution in [3.8, 4) is 22.5 Å². The molecule has 1 N–H and O–H groups in total. The summed E-state index contributed by atoms with van der Waals surface area (Å²) in [7, 11) is 0. The number of carbonyl (C=O) groups excluding carboxylic acids is 1. The maximum atomic E-state index is 12.9. The van der Waals surface area contributed by atoms with Crippen LogP contribution in [-0.2, 0) is 9.47 Å². The summed E-state index contributed by atoms with van der Waals surface area (Å²) in [5.74, 6) is 0.764. The maximum Gasteiger partial charge on any atom is 0.254 e. The van der Waals surface area contributed by atoms with Gasteiger partial charge in [0.15, 0.2) is 0 Å². The van der Waals surface area contributed by atoms with Gasteiger partial charge in [-0.3, -0.25) is 4.79 Å². The Kier molecular flexibility index (Phi) is 6.40. The highest BCUT2D eigenvalue weighted by Gasteiger charge is 2.23. The molecular formula is C29H29N3O4. The number of anilines is 1. The van der Waals surface area contributed by atoms with E-state index in [2.05, 4.69) is 22.4 Å². The molecule has 6 rings (SSSR count). The first kappa shape index (κ1) is 22.8. The smallest absolute Gasteiger partial charge is 0.254 e. The second-order valence-electron chi connectivity index (χ2n) is 9.21.